The Morgan fingerprint density at radius 2 is 2.27 bits per heavy atom. The molecule has 0 bridgehead atoms. The molecule has 5 heteroatoms. The first kappa shape index (κ1) is 9.79. The highest BCUT2D eigenvalue weighted by Gasteiger charge is 2.08. The molecule has 0 aliphatic rings. The van der Waals surface area contributed by atoms with Gasteiger partial charge in [-0.05, 0) is 18.6 Å². The second-order valence-electron chi connectivity index (χ2n) is 3.22. The van der Waals surface area contributed by atoms with Crippen LogP contribution < -0.4 is 0 Å². The second kappa shape index (κ2) is 3.78. The third-order valence-electron chi connectivity index (χ3n) is 2.12. The lowest BCUT2D eigenvalue weighted by Gasteiger charge is -2.03. The fourth-order valence-corrected chi connectivity index (χ4v) is 1.30. The molecule has 1 N–H and O–H groups in total. The Labute approximate surface area is 86.0 Å². The van der Waals surface area contributed by atoms with Gasteiger partial charge in [-0.25, -0.2) is 9.07 Å². The van der Waals surface area contributed by atoms with E-state index in [0.29, 0.717) is 16.9 Å². The lowest BCUT2D eigenvalue weighted by atomic mass is 10.2. The van der Waals surface area contributed by atoms with Gasteiger partial charge in [0.05, 0.1) is 12.8 Å². The summed E-state index contributed by atoms with van der Waals surface area (Å²) in [6.45, 7) is 1.48. The molecule has 0 unspecified atom stereocenters. The van der Waals surface area contributed by atoms with Gasteiger partial charge in [0.2, 0.25) is 0 Å². The molecule has 0 aliphatic carbocycles. The molecular weight excluding hydrogens is 197 g/mol. The van der Waals surface area contributed by atoms with Crippen molar-refractivity contribution in [3.63, 3.8) is 0 Å². The molecular formula is C10H10FN3O. The van der Waals surface area contributed by atoms with Gasteiger partial charge in [0.15, 0.2) is 5.82 Å². The highest BCUT2D eigenvalue weighted by atomic mass is 19.1. The van der Waals surface area contributed by atoms with Crippen molar-refractivity contribution in [2.24, 2.45) is 0 Å². The van der Waals surface area contributed by atoms with Crippen LogP contribution in [0.2, 0.25) is 0 Å². The maximum Gasteiger partial charge on any atom is 0.151 e. The largest absolute Gasteiger partial charge is 0.390 e. The van der Waals surface area contributed by atoms with Crippen molar-refractivity contribution in [3.05, 3.63) is 41.5 Å². The highest BCUT2D eigenvalue weighted by molar-refractivity contribution is 5.36. The molecule has 0 saturated carbocycles. The minimum Gasteiger partial charge on any atom is -0.390 e. The molecule has 1 aromatic heterocycles. The summed E-state index contributed by atoms with van der Waals surface area (Å²) in [5.74, 6) is -0.327. The van der Waals surface area contributed by atoms with Crippen molar-refractivity contribution in [1.29, 1.82) is 0 Å². The van der Waals surface area contributed by atoms with Crippen LogP contribution in [-0.4, -0.2) is 20.1 Å². The zero-order valence-corrected chi connectivity index (χ0v) is 8.18. The van der Waals surface area contributed by atoms with Crippen molar-refractivity contribution < 1.29 is 9.50 Å². The van der Waals surface area contributed by atoms with E-state index in [2.05, 4.69) is 10.3 Å². The van der Waals surface area contributed by atoms with E-state index in [4.69, 9.17) is 5.11 Å². The van der Waals surface area contributed by atoms with Crippen LogP contribution in [-0.2, 0) is 6.61 Å². The minimum absolute atomic E-state index is 0.201. The van der Waals surface area contributed by atoms with Crippen molar-refractivity contribution in [2.45, 2.75) is 13.5 Å². The van der Waals surface area contributed by atoms with E-state index in [1.807, 2.05) is 0 Å². The van der Waals surface area contributed by atoms with Gasteiger partial charge in [0.25, 0.3) is 0 Å². The third-order valence-corrected chi connectivity index (χ3v) is 2.12. The molecule has 1 heterocycles. The third kappa shape index (κ3) is 1.73. The number of aryl methyl sites for hydroxylation is 1. The Bertz CT molecular complexity index is 481. The highest BCUT2D eigenvalue weighted by Crippen LogP contribution is 2.15. The van der Waals surface area contributed by atoms with E-state index in [9.17, 15) is 4.39 Å². The van der Waals surface area contributed by atoms with Gasteiger partial charge in [-0.2, -0.15) is 0 Å². The summed E-state index contributed by atoms with van der Waals surface area (Å²) < 4.78 is 15.0. The quantitative estimate of drug-likeness (QED) is 0.805. The number of aliphatic hydroxyl groups excluding tert-OH is 1. The molecule has 0 atom stereocenters. The summed E-state index contributed by atoms with van der Waals surface area (Å²) >= 11 is 0. The van der Waals surface area contributed by atoms with Crippen LogP contribution in [0.3, 0.4) is 0 Å². The predicted octanol–water partition coefficient (Wildman–Crippen LogP) is 1.21. The van der Waals surface area contributed by atoms with Gasteiger partial charge in [-0.1, -0.05) is 17.3 Å². The topological polar surface area (TPSA) is 50.9 Å². The van der Waals surface area contributed by atoms with Crippen LogP contribution in [0, 0.1) is 12.7 Å². The number of hydrogen-bond donors (Lipinski definition) is 1. The minimum atomic E-state index is -0.327. The smallest absolute Gasteiger partial charge is 0.151 e. The van der Waals surface area contributed by atoms with Gasteiger partial charge in [0.1, 0.15) is 11.4 Å². The van der Waals surface area contributed by atoms with Gasteiger partial charge in [-0.15, -0.1) is 5.10 Å². The number of halogens is 1. The monoisotopic (exact) mass is 207 g/mol. The standard InChI is InChI=1S/C10H10FN3O/c1-7-3-2-4-9(10(7)11)14-5-8(6-15)12-13-14/h2-5,15H,6H2,1H3. The Hall–Kier alpha value is -1.75. The molecule has 0 fully saturated rings. The molecule has 1 aromatic carbocycles. The van der Waals surface area contributed by atoms with Crippen LogP contribution in [0.25, 0.3) is 5.69 Å². The lowest BCUT2D eigenvalue weighted by molar-refractivity contribution is 0.276. The number of aliphatic hydroxyl groups is 1. The molecule has 0 saturated heterocycles. The number of nitrogens with zero attached hydrogens (tertiary/aromatic N) is 3. The van der Waals surface area contributed by atoms with Gasteiger partial charge >= 0.3 is 0 Å². The van der Waals surface area contributed by atoms with Gasteiger partial charge in [0, 0.05) is 0 Å². The van der Waals surface area contributed by atoms with Crippen molar-refractivity contribution >= 4 is 0 Å². The number of benzene rings is 1. The van der Waals surface area contributed by atoms with E-state index in [1.54, 1.807) is 25.1 Å². The zero-order chi connectivity index (χ0) is 10.8. The number of aromatic nitrogens is 3. The first-order valence-corrected chi connectivity index (χ1v) is 4.50. The maximum atomic E-state index is 13.6. The van der Waals surface area contributed by atoms with Crippen LogP contribution in [0.1, 0.15) is 11.3 Å². The SMILES string of the molecule is Cc1cccc(-n2cc(CO)nn2)c1F. The van der Waals surface area contributed by atoms with Gasteiger partial charge < -0.3 is 5.11 Å². The summed E-state index contributed by atoms with van der Waals surface area (Å²) in [4.78, 5) is 0. The van der Waals surface area contributed by atoms with Crippen LogP contribution in [0.4, 0.5) is 4.39 Å². The van der Waals surface area contributed by atoms with Crippen LogP contribution in [0.15, 0.2) is 24.4 Å². The second-order valence-corrected chi connectivity index (χ2v) is 3.22. The summed E-state index contributed by atoms with van der Waals surface area (Å²) in [5, 5.41) is 16.2. The van der Waals surface area contributed by atoms with Crippen molar-refractivity contribution in [1.82, 2.24) is 15.0 Å². The number of rotatable bonds is 2. The fraction of sp³-hybridized carbons (Fsp3) is 0.200. The first-order chi connectivity index (χ1) is 7.22. The molecule has 0 aliphatic heterocycles. The van der Waals surface area contributed by atoms with E-state index < -0.39 is 0 Å². The summed E-state index contributed by atoms with van der Waals surface area (Å²) in [5.41, 5.74) is 1.30. The Balaban J connectivity index is 2.49. The zero-order valence-electron chi connectivity index (χ0n) is 8.18. The molecule has 4 nitrogen and oxygen atoms in total. The van der Waals surface area contributed by atoms with Crippen LogP contribution >= 0.6 is 0 Å². The predicted molar refractivity (Wildman–Crippen MR) is 52.0 cm³/mol. The van der Waals surface area contributed by atoms with E-state index in [0.717, 1.165) is 0 Å². The number of hydrogen-bond acceptors (Lipinski definition) is 3. The fourth-order valence-electron chi connectivity index (χ4n) is 1.30. The summed E-state index contributed by atoms with van der Waals surface area (Å²) in [6, 6.07) is 5.04. The molecule has 0 radical (unpaired) electrons. The Kier molecular flexibility index (Phi) is 2.47. The summed E-state index contributed by atoms with van der Waals surface area (Å²) in [6.07, 6.45) is 1.50. The van der Waals surface area contributed by atoms with E-state index in [1.165, 1.54) is 10.9 Å². The first-order valence-electron chi connectivity index (χ1n) is 4.50. The van der Waals surface area contributed by atoms with Crippen LogP contribution in [0.5, 0.6) is 0 Å². The molecule has 78 valence electrons. The maximum absolute atomic E-state index is 13.6. The van der Waals surface area contributed by atoms with Crippen molar-refractivity contribution in [3.8, 4) is 5.69 Å². The summed E-state index contributed by atoms with van der Waals surface area (Å²) in [7, 11) is 0. The Morgan fingerprint density at radius 3 is 2.93 bits per heavy atom. The van der Waals surface area contributed by atoms with E-state index >= 15 is 0 Å². The average molecular weight is 207 g/mol. The molecule has 2 aromatic rings. The van der Waals surface area contributed by atoms with Crippen molar-refractivity contribution in [2.75, 3.05) is 0 Å². The molecule has 15 heavy (non-hydrogen) atoms. The molecule has 0 amide bonds. The normalized spacial score (nSPS) is 10.6. The average Bonchev–Trinajstić information content (AvgIpc) is 2.70. The Morgan fingerprint density at radius 1 is 1.47 bits per heavy atom. The van der Waals surface area contributed by atoms with E-state index in [-0.39, 0.29) is 12.4 Å². The van der Waals surface area contributed by atoms with Gasteiger partial charge in [-0.3, -0.25) is 0 Å². The molecule has 0 spiro atoms. The lowest BCUT2D eigenvalue weighted by Crippen LogP contribution is -1.99. The molecule has 2 rings (SSSR count).